The number of ether oxygens (including phenoxy) is 1. The first-order valence-corrected chi connectivity index (χ1v) is 8.76. The Kier molecular flexibility index (Phi) is 5.10. The van der Waals surface area contributed by atoms with Crippen molar-refractivity contribution in [3.63, 3.8) is 0 Å². The lowest BCUT2D eigenvalue weighted by atomic mass is 10.1. The Morgan fingerprint density at radius 2 is 2.11 bits per heavy atom. The standard InChI is InChI=1S/C15H11BrClF4N3O3/c1-5-8(2-3-24(5)14(25)26)27-12-6-4-7(15(19,20)21)9(16)10(18)11(6)22-13(17)23-12/h4-5,8H,2-3H2,1H3,(H,25,26)/t5-,8-/m1/s1. The molecule has 3 rings (SSSR count). The lowest BCUT2D eigenvalue weighted by Gasteiger charge is -2.23. The summed E-state index contributed by atoms with van der Waals surface area (Å²) in [7, 11) is 0. The van der Waals surface area contributed by atoms with Crippen LogP contribution in [0.15, 0.2) is 10.5 Å². The van der Waals surface area contributed by atoms with E-state index in [0.717, 1.165) is 4.90 Å². The highest BCUT2D eigenvalue weighted by molar-refractivity contribution is 9.10. The van der Waals surface area contributed by atoms with Crippen molar-refractivity contribution in [2.24, 2.45) is 0 Å². The molecule has 0 saturated carbocycles. The summed E-state index contributed by atoms with van der Waals surface area (Å²) in [5, 5.41) is 8.40. The predicted octanol–water partition coefficient (Wildman–Crippen LogP) is 4.72. The van der Waals surface area contributed by atoms with E-state index in [1.54, 1.807) is 6.92 Å². The summed E-state index contributed by atoms with van der Waals surface area (Å²) in [6.45, 7) is 1.78. The summed E-state index contributed by atoms with van der Waals surface area (Å²) in [6.07, 6.45) is -6.36. The fraction of sp³-hybridized carbons (Fsp3) is 0.400. The van der Waals surface area contributed by atoms with Gasteiger partial charge in [-0.3, -0.25) is 0 Å². The van der Waals surface area contributed by atoms with Gasteiger partial charge in [0.25, 0.3) is 0 Å². The minimum atomic E-state index is -4.83. The van der Waals surface area contributed by atoms with Crippen molar-refractivity contribution < 1.29 is 32.2 Å². The number of hydrogen-bond donors (Lipinski definition) is 1. The van der Waals surface area contributed by atoms with Crippen LogP contribution in [0.4, 0.5) is 22.4 Å². The van der Waals surface area contributed by atoms with Gasteiger partial charge >= 0.3 is 12.3 Å². The van der Waals surface area contributed by atoms with Gasteiger partial charge in [-0.15, -0.1) is 0 Å². The molecule has 27 heavy (non-hydrogen) atoms. The summed E-state index contributed by atoms with van der Waals surface area (Å²) in [5.74, 6) is -1.59. The Morgan fingerprint density at radius 1 is 1.44 bits per heavy atom. The summed E-state index contributed by atoms with van der Waals surface area (Å²) < 4.78 is 58.9. The number of aromatic nitrogens is 2. The molecule has 0 radical (unpaired) electrons. The fourth-order valence-electron chi connectivity index (χ4n) is 2.93. The first-order chi connectivity index (χ1) is 12.5. The number of nitrogens with zero attached hydrogens (tertiary/aromatic N) is 3. The number of carbonyl (C=O) groups is 1. The molecule has 1 aromatic carbocycles. The average molecular weight is 473 g/mol. The van der Waals surface area contributed by atoms with E-state index in [1.165, 1.54) is 0 Å². The second kappa shape index (κ2) is 6.93. The van der Waals surface area contributed by atoms with Crippen LogP contribution in [0.3, 0.4) is 0 Å². The summed E-state index contributed by atoms with van der Waals surface area (Å²) in [5.41, 5.74) is -1.69. The molecule has 1 N–H and O–H groups in total. The van der Waals surface area contributed by atoms with Crippen LogP contribution in [0.25, 0.3) is 10.9 Å². The monoisotopic (exact) mass is 471 g/mol. The van der Waals surface area contributed by atoms with E-state index in [-0.39, 0.29) is 17.8 Å². The topological polar surface area (TPSA) is 75.6 Å². The van der Waals surface area contributed by atoms with E-state index in [9.17, 15) is 22.4 Å². The first kappa shape index (κ1) is 19.9. The van der Waals surface area contributed by atoms with Gasteiger partial charge in [-0.1, -0.05) is 0 Å². The number of fused-ring (bicyclic) bond motifs is 1. The lowest BCUT2D eigenvalue weighted by Crippen LogP contribution is -2.38. The second-order valence-electron chi connectivity index (χ2n) is 5.91. The van der Waals surface area contributed by atoms with Crippen molar-refractivity contribution in [3.05, 3.63) is 27.2 Å². The minimum Gasteiger partial charge on any atom is -0.472 e. The molecule has 146 valence electrons. The minimum absolute atomic E-state index is 0.186. The molecule has 6 nitrogen and oxygen atoms in total. The molecule has 1 saturated heterocycles. The number of benzene rings is 1. The molecule has 0 spiro atoms. The first-order valence-electron chi connectivity index (χ1n) is 7.59. The van der Waals surface area contributed by atoms with Crippen LogP contribution in [0.2, 0.25) is 5.28 Å². The number of likely N-dealkylation sites (tertiary alicyclic amines) is 1. The molecule has 1 aliphatic rings. The third-order valence-corrected chi connectivity index (χ3v) is 5.25. The van der Waals surface area contributed by atoms with Gasteiger partial charge < -0.3 is 14.7 Å². The highest BCUT2D eigenvalue weighted by Crippen LogP contribution is 2.41. The maximum absolute atomic E-state index is 14.5. The van der Waals surface area contributed by atoms with Crippen molar-refractivity contribution in [1.29, 1.82) is 0 Å². The molecule has 0 unspecified atom stereocenters. The molecule has 0 bridgehead atoms. The fourth-order valence-corrected chi connectivity index (χ4v) is 3.62. The molecule has 1 aromatic heterocycles. The van der Waals surface area contributed by atoms with E-state index >= 15 is 0 Å². The van der Waals surface area contributed by atoms with Crippen molar-refractivity contribution in [2.75, 3.05) is 6.54 Å². The zero-order valence-electron chi connectivity index (χ0n) is 13.5. The molecule has 1 fully saturated rings. The smallest absolute Gasteiger partial charge is 0.417 e. The Balaban J connectivity index is 2.10. The molecule has 1 aliphatic heterocycles. The third kappa shape index (κ3) is 3.62. The van der Waals surface area contributed by atoms with E-state index in [1.807, 2.05) is 0 Å². The molecular formula is C15H11BrClF4N3O3. The van der Waals surface area contributed by atoms with Gasteiger partial charge in [0.2, 0.25) is 11.2 Å². The quantitative estimate of drug-likeness (QED) is 0.506. The van der Waals surface area contributed by atoms with Gasteiger partial charge in [-0.2, -0.15) is 18.2 Å². The van der Waals surface area contributed by atoms with Gasteiger partial charge in [0.1, 0.15) is 11.6 Å². The zero-order chi connectivity index (χ0) is 20.1. The second-order valence-corrected chi connectivity index (χ2v) is 7.04. The number of rotatable bonds is 2. The van der Waals surface area contributed by atoms with Crippen LogP contribution in [0.5, 0.6) is 5.88 Å². The molecular weight excluding hydrogens is 462 g/mol. The molecule has 2 aromatic rings. The van der Waals surface area contributed by atoms with E-state index in [0.29, 0.717) is 12.5 Å². The lowest BCUT2D eigenvalue weighted by molar-refractivity contribution is -0.138. The van der Waals surface area contributed by atoms with E-state index in [2.05, 4.69) is 25.9 Å². The Labute approximate surface area is 163 Å². The molecule has 0 aliphatic carbocycles. The molecule has 2 heterocycles. The predicted molar refractivity (Wildman–Crippen MR) is 90.4 cm³/mol. The number of hydrogen-bond acceptors (Lipinski definition) is 4. The average Bonchev–Trinajstić information content (AvgIpc) is 2.91. The Morgan fingerprint density at radius 3 is 2.67 bits per heavy atom. The van der Waals surface area contributed by atoms with Crippen molar-refractivity contribution >= 4 is 44.5 Å². The molecule has 1 amide bonds. The summed E-state index contributed by atoms with van der Waals surface area (Å²) in [4.78, 5) is 19.7. The summed E-state index contributed by atoms with van der Waals surface area (Å²) >= 11 is 8.36. The zero-order valence-corrected chi connectivity index (χ0v) is 15.9. The van der Waals surface area contributed by atoms with E-state index < -0.39 is 51.1 Å². The van der Waals surface area contributed by atoms with Gasteiger partial charge in [-0.25, -0.2) is 14.2 Å². The molecule has 2 atom stereocenters. The van der Waals surface area contributed by atoms with Gasteiger partial charge in [0, 0.05) is 13.0 Å². The van der Waals surface area contributed by atoms with Gasteiger partial charge in [0.15, 0.2) is 5.82 Å². The molecule has 12 heteroatoms. The maximum Gasteiger partial charge on any atom is 0.417 e. The largest absolute Gasteiger partial charge is 0.472 e. The number of alkyl halides is 3. The van der Waals surface area contributed by atoms with Crippen LogP contribution in [0.1, 0.15) is 18.9 Å². The normalized spacial score (nSPS) is 20.3. The maximum atomic E-state index is 14.5. The third-order valence-electron chi connectivity index (χ3n) is 4.31. The van der Waals surface area contributed by atoms with E-state index in [4.69, 9.17) is 21.4 Å². The number of carboxylic acid groups (broad SMARTS) is 1. The van der Waals surface area contributed by atoms with Crippen molar-refractivity contribution in [1.82, 2.24) is 14.9 Å². The number of halogens is 6. The Bertz CT molecular complexity index is 928. The highest BCUT2D eigenvalue weighted by atomic mass is 79.9. The highest BCUT2D eigenvalue weighted by Gasteiger charge is 2.38. The van der Waals surface area contributed by atoms with Crippen LogP contribution >= 0.6 is 27.5 Å². The number of amides is 1. The van der Waals surface area contributed by atoms with Gasteiger partial charge in [-0.05, 0) is 40.5 Å². The Hall–Kier alpha value is -1.88. The van der Waals surface area contributed by atoms with Crippen molar-refractivity contribution in [2.45, 2.75) is 31.7 Å². The van der Waals surface area contributed by atoms with Crippen LogP contribution in [-0.2, 0) is 6.18 Å². The van der Waals surface area contributed by atoms with Crippen LogP contribution in [0, 0.1) is 5.82 Å². The van der Waals surface area contributed by atoms with Crippen LogP contribution < -0.4 is 4.74 Å². The SMILES string of the molecule is C[C@@H]1[C@H](Oc2nc(Cl)nc3c(F)c(Br)c(C(F)(F)F)cc23)CCN1C(=O)O. The van der Waals surface area contributed by atoms with Crippen LogP contribution in [-0.4, -0.2) is 44.8 Å². The van der Waals surface area contributed by atoms with Gasteiger partial charge in [0.05, 0.1) is 21.5 Å². The van der Waals surface area contributed by atoms with Crippen molar-refractivity contribution in [3.8, 4) is 5.88 Å². The summed E-state index contributed by atoms with van der Waals surface area (Å²) in [6, 6.07) is 0.0941.